The van der Waals surface area contributed by atoms with Crippen LogP contribution in [-0.2, 0) is 0 Å². The number of alkyl halides is 1. The molecule has 5 N–H and O–H groups in total. The summed E-state index contributed by atoms with van der Waals surface area (Å²) in [6.45, 7) is 1.89. The number of thiophene rings is 1. The standard InChI is InChI=1S/C6H8N2O2S2.C2H5Cl/c1-11-6-3(8)2(7)4(12-6)5(9)10;1-2-3/h7-8H2,1H3,(H,9,10);2H2,1H3. The minimum absolute atomic E-state index is 0.122. The lowest BCUT2D eigenvalue weighted by Gasteiger charge is -1.92. The Morgan fingerprint density at radius 1 is 1.53 bits per heavy atom. The summed E-state index contributed by atoms with van der Waals surface area (Å²) < 4.78 is 0.755. The monoisotopic (exact) mass is 268 g/mol. The van der Waals surface area contributed by atoms with Gasteiger partial charge < -0.3 is 16.6 Å². The molecule has 0 unspecified atom stereocenters. The van der Waals surface area contributed by atoms with E-state index < -0.39 is 5.97 Å². The molecule has 1 heterocycles. The van der Waals surface area contributed by atoms with Crippen LogP contribution in [0, 0.1) is 0 Å². The van der Waals surface area contributed by atoms with Crippen LogP contribution < -0.4 is 11.5 Å². The summed E-state index contributed by atoms with van der Waals surface area (Å²) in [5.41, 5.74) is 11.6. The van der Waals surface area contributed by atoms with E-state index in [9.17, 15) is 4.79 Å². The van der Waals surface area contributed by atoms with Crippen LogP contribution in [0.5, 0.6) is 0 Å². The SMILES string of the molecule is CCCl.CSc1sc(C(=O)O)c(N)c1N. The second kappa shape index (κ2) is 6.81. The predicted molar refractivity (Wildman–Crippen MR) is 68.3 cm³/mol. The molecule has 0 aliphatic rings. The topological polar surface area (TPSA) is 89.3 Å². The van der Waals surface area contributed by atoms with Crippen LogP contribution in [0.3, 0.4) is 0 Å². The van der Waals surface area contributed by atoms with Gasteiger partial charge in [0.25, 0.3) is 0 Å². The van der Waals surface area contributed by atoms with E-state index in [0.717, 1.165) is 21.4 Å². The van der Waals surface area contributed by atoms with Gasteiger partial charge in [-0.1, -0.05) is 6.92 Å². The smallest absolute Gasteiger partial charge is 0.348 e. The van der Waals surface area contributed by atoms with Crippen molar-refractivity contribution in [1.82, 2.24) is 0 Å². The molecule has 0 atom stereocenters. The molecule has 4 nitrogen and oxygen atoms in total. The van der Waals surface area contributed by atoms with Gasteiger partial charge in [0.1, 0.15) is 4.88 Å². The van der Waals surface area contributed by atoms with Gasteiger partial charge in [-0.2, -0.15) is 0 Å². The first-order chi connectivity index (χ1) is 6.99. The molecule has 0 bridgehead atoms. The lowest BCUT2D eigenvalue weighted by Crippen LogP contribution is -1.99. The van der Waals surface area contributed by atoms with E-state index in [4.69, 9.17) is 28.2 Å². The average molecular weight is 269 g/mol. The molecule has 0 saturated heterocycles. The van der Waals surface area contributed by atoms with E-state index in [-0.39, 0.29) is 10.6 Å². The van der Waals surface area contributed by atoms with Crippen LogP contribution in [-0.4, -0.2) is 23.2 Å². The zero-order valence-electron chi connectivity index (χ0n) is 8.41. The summed E-state index contributed by atoms with van der Waals surface area (Å²) >= 11 is 7.50. The van der Waals surface area contributed by atoms with Crippen molar-refractivity contribution >= 4 is 52.0 Å². The Morgan fingerprint density at radius 2 is 2.00 bits per heavy atom. The van der Waals surface area contributed by atoms with Gasteiger partial charge >= 0.3 is 5.97 Å². The van der Waals surface area contributed by atoms with E-state index >= 15 is 0 Å². The summed E-state index contributed by atoms with van der Waals surface area (Å²) in [5.74, 6) is -0.301. The first-order valence-electron chi connectivity index (χ1n) is 4.00. The maximum absolute atomic E-state index is 10.6. The fourth-order valence-corrected chi connectivity index (χ4v) is 2.37. The number of carboxylic acids is 1. The van der Waals surface area contributed by atoms with E-state index in [2.05, 4.69) is 0 Å². The van der Waals surface area contributed by atoms with Gasteiger partial charge in [0, 0.05) is 5.88 Å². The second-order valence-corrected chi connectivity index (χ2v) is 4.95. The number of anilines is 2. The van der Waals surface area contributed by atoms with Crippen LogP contribution >= 0.6 is 34.7 Å². The van der Waals surface area contributed by atoms with Gasteiger partial charge in [-0.25, -0.2) is 4.79 Å². The van der Waals surface area contributed by atoms with Crippen LogP contribution in [0.2, 0.25) is 0 Å². The van der Waals surface area contributed by atoms with Crippen molar-refractivity contribution < 1.29 is 9.90 Å². The predicted octanol–water partition coefficient (Wildman–Crippen LogP) is 2.58. The van der Waals surface area contributed by atoms with Gasteiger partial charge in [0.05, 0.1) is 15.6 Å². The number of hydrogen-bond acceptors (Lipinski definition) is 5. The number of nitrogen functional groups attached to an aromatic ring is 2. The Hall–Kier alpha value is -0.590. The van der Waals surface area contributed by atoms with E-state index in [1.807, 2.05) is 13.2 Å². The zero-order valence-corrected chi connectivity index (χ0v) is 10.8. The Kier molecular flexibility index (Phi) is 6.55. The van der Waals surface area contributed by atoms with Crippen LogP contribution in [0.15, 0.2) is 4.21 Å². The molecular formula is C8H13ClN2O2S2. The normalized spacial score (nSPS) is 9.27. The van der Waals surface area contributed by atoms with Crippen molar-refractivity contribution in [2.75, 3.05) is 23.6 Å². The lowest BCUT2D eigenvalue weighted by molar-refractivity contribution is 0.0703. The number of halogens is 1. The maximum atomic E-state index is 10.6. The van der Waals surface area contributed by atoms with E-state index in [1.54, 1.807) is 0 Å². The largest absolute Gasteiger partial charge is 0.477 e. The summed E-state index contributed by atoms with van der Waals surface area (Å²) in [5, 5.41) is 8.66. The van der Waals surface area contributed by atoms with Gasteiger partial charge in [-0.15, -0.1) is 34.7 Å². The lowest BCUT2D eigenvalue weighted by atomic mass is 10.3. The molecule has 0 aliphatic heterocycles. The molecule has 86 valence electrons. The highest BCUT2D eigenvalue weighted by Crippen LogP contribution is 2.39. The third-order valence-electron chi connectivity index (χ3n) is 1.33. The molecule has 0 spiro atoms. The number of hydrogen-bond donors (Lipinski definition) is 3. The summed E-state index contributed by atoms with van der Waals surface area (Å²) in [6.07, 6.45) is 1.83. The van der Waals surface area contributed by atoms with E-state index in [0.29, 0.717) is 5.69 Å². The Morgan fingerprint density at radius 3 is 2.20 bits per heavy atom. The summed E-state index contributed by atoms with van der Waals surface area (Å²) in [7, 11) is 0. The van der Waals surface area contributed by atoms with Gasteiger partial charge in [-0.05, 0) is 6.26 Å². The number of aromatic carboxylic acids is 1. The van der Waals surface area contributed by atoms with Crippen molar-refractivity contribution in [2.45, 2.75) is 11.1 Å². The van der Waals surface area contributed by atoms with E-state index in [1.165, 1.54) is 11.8 Å². The molecule has 1 aromatic heterocycles. The minimum atomic E-state index is -1.02. The molecule has 1 aromatic rings. The quantitative estimate of drug-likeness (QED) is 0.567. The molecule has 0 fully saturated rings. The third kappa shape index (κ3) is 3.81. The minimum Gasteiger partial charge on any atom is -0.477 e. The van der Waals surface area contributed by atoms with Crippen molar-refractivity contribution in [3.8, 4) is 0 Å². The highest BCUT2D eigenvalue weighted by atomic mass is 35.5. The van der Waals surface area contributed by atoms with Crippen LogP contribution in [0.25, 0.3) is 0 Å². The fraction of sp³-hybridized carbons (Fsp3) is 0.375. The maximum Gasteiger partial charge on any atom is 0.348 e. The van der Waals surface area contributed by atoms with Crippen LogP contribution in [0.4, 0.5) is 11.4 Å². The molecular weight excluding hydrogens is 256 g/mol. The number of thioether (sulfide) groups is 1. The second-order valence-electron chi connectivity index (χ2n) is 2.32. The first kappa shape index (κ1) is 14.4. The fourth-order valence-electron chi connectivity index (χ4n) is 0.745. The average Bonchev–Trinajstić information content (AvgIpc) is 2.45. The van der Waals surface area contributed by atoms with Crippen LogP contribution in [0.1, 0.15) is 16.6 Å². The van der Waals surface area contributed by atoms with Crippen molar-refractivity contribution in [3.05, 3.63) is 4.88 Å². The first-order valence-corrected chi connectivity index (χ1v) is 6.58. The molecule has 0 aliphatic carbocycles. The Balaban J connectivity index is 0.000000583. The number of rotatable bonds is 2. The van der Waals surface area contributed by atoms with Crippen molar-refractivity contribution in [1.29, 1.82) is 0 Å². The zero-order chi connectivity index (χ0) is 12.0. The highest BCUT2D eigenvalue weighted by molar-refractivity contribution is 8.00. The highest BCUT2D eigenvalue weighted by Gasteiger charge is 2.17. The molecule has 15 heavy (non-hydrogen) atoms. The van der Waals surface area contributed by atoms with Gasteiger partial charge in [-0.3, -0.25) is 0 Å². The number of carboxylic acid groups (broad SMARTS) is 1. The molecule has 0 amide bonds. The molecule has 7 heteroatoms. The number of carbonyl (C=O) groups is 1. The van der Waals surface area contributed by atoms with Crippen molar-refractivity contribution in [3.63, 3.8) is 0 Å². The molecule has 0 aromatic carbocycles. The van der Waals surface area contributed by atoms with Crippen molar-refractivity contribution in [2.24, 2.45) is 0 Å². The Labute approximate surface area is 102 Å². The Bertz CT molecular complexity index is 342. The number of nitrogens with two attached hydrogens (primary N) is 2. The van der Waals surface area contributed by atoms with Gasteiger partial charge in [0.2, 0.25) is 0 Å². The molecule has 0 saturated carbocycles. The van der Waals surface area contributed by atoms with Gasteiger partial charge in [0.15, 0.2) is 0 Å². The summed E-state index contributed by atoms with van der Waals surface area (Å²) in [6, 6.07) is 0. The molecule has 1 rings (SSSR count). The molecule has 0 radical (unpaired) electrons. The summed E-state index contributed by atoms with van der Waals surface area (Å²) in [4.78, 5) is 10.7. The third-order valence-corrected chi connectivity index (χ3v) is 3.67.